The van der Waals surface area contributed by atoms with E-state index in [2.05, 4.69) is 20.8 Å². The number of allylic oxidation sites excluding steroid dienone is 1. The van der Waals surface area contributed by atoms with Crippen LogP contribution in [-0.2, 0) is 10.8 Å². The molecule has 2 heteroatoms. The Morgan fingerprint density at radius 2 is 1.67 bits per heavy atom. The van der Waals surface area contributed by atoms with Gasteiger partial charge in [0.1, 0.15) is 0 Å². The predicted molar refractivity (Wildman–Crippen MR) is 66.2 cm³/mol. The van der Waals surface area contributed by atoms with E-state index in [1.807, 2.05) is 37.3 Å². The number of hydrogen-bond acceptors (Lipinski definition) is 1. The van der Waals surface area contributed by atoms with Crippen LogP contribution in [0.3, 0.4) is 0 Å². The largest absolute Gasteiger partial charge is 0.250 e. The van der Waals surface area contributed by atoms with Crippen LogP contribution in [0.4, 0.5) is 0 Å². The van der Waals surface area contributed by atoms with E-state index >= 15 is 0 Å². The quantitative estimate of drug-likeness (QED) is 0.746. The molecule has 0 saturated heterocycles. The van der Waals surface area contributed by atoms with Crippen LogP contribution < -0.4 is 0 Å². The summed E-state index contributed by atoms with van der Waals surface area (Å²) in [4.78, 5) is 0.862. The van der Waals surface area contributed by atoms with Crippen molar-refractivity contribution in [2.75, 3.05) is 0 Å². The van der Waals surface area contributed by atoms with Gasteiger partial charge in [-0.05, 0) is 24.5 Å². The number of hydrogen-bond donors (Lipinski definition) is 0. The average Bonchev–Trinajstić information content (AvgIpc) is 2.14. The number of rotatable bonds is 2. The standard InChI is InChI=1S/C13H18OS/c1-11-5-7-12(8-6-11)15(14)10-9-13(2,3)4/h5-10H,1-4H3/b10-9+. The summed E-state index contributed by atoms with van der Waals surface area (Å²) in [5.74, 6) is 0. The zero-order valence-corrected chi connectivity index (χ0v) is 10.6. The molecule has 1 rings (SSSR count). The van der Waals surface area contributed by atoms with Gasteiger partial charge in [-0.2, -0.15) is 0 Å². The molecular weight excluding hydrogens is 204 g/mol. The highest BCUT2D eigenvalue weighted by Gasteiger charge is 2.05. The van der Waals surface area contributed by atoms with Crippen molar-refractivity contribution in [1.82, 2.24) is 0 Å². The first-order chi connectivity index (χ1) is 6.88. The minimum Gasteiger partial charge on any atom is -0.250 e. The second kappa shape index (κ2) is 4.75. The molecule has 1 unspecified atom stereocenters. The van der Waals surface area contributed by atoms with Crippen LogP contribution >= 0.6 is 0 Å². The zero-order chi connectivity index (χ0) is 11.5. The van der Waals surface area contributed by atoms with E-state index in [4.69, 9.17) is 0 Å². The maximum atomic E-state index is 11.8. The van der Waals surface area contributed by atoms with Crippen molar-refractivity contribution in [3.8, 4) is 0 Å². The molecule has 0 fully saturated rings. The Hall–Kier alpha value is -0.890. The first-order valence-corrected chi connectivity index (χ1v) is 6.26. The molecule has 0 aliphatic carbocycles. The third kappa shape index (κ3) is 4.43. The smallest absolute Gasteiger partial charge is 0.0772 e. The summed E-state index contributed by atoms with van der Waals surface area (Å²) >= 11 is 0. The normalized spacial score (nSPS) is 14.4. The van der Waals surface area contributed by atoms with E-state index in [0.717, 1.165) is 4.90 Å². The highest BCUT2D eigenvalue weighted by atomic mass is 32.2. The lowest BCUT2D eigenvalue weighted by molar-refractivity contribution is 0.545. The Morgan fingerprint density at radius 3 is 2.13 bits per heavy atom. The second-order valence-corrected chi connectivity index (χ2v) is 6.12. The molecule has 0 aliphatic rings. The lowest BCUT2D eigenvalue weighted by Gasteiger charge is -2.10. The van der Waals surface area contributed by atoms with E-state index in [0.29, 0.717) is 0 Å². The van der Waals surface area contributed by atoms with Gasteiger partial charge in [-0.3, -0.25) is 0 Å². The number of benzene rings is 1. The van der Waals surface area contributed by atoms with Gasteiger partial charge in [0.2, 0.25) is 0 Å². The molecule has 1 aromatic carbocycles. The third-order valence-electron chi connectivity index (χ3n) is 1.94. The molecule has 0 bridgehead atoms. The monoisotopic (exact) mass is 222 g/mol. The fourth-order valence-corrected chi connectivity index (χ4v) is 2.11. The molecule has 0 aliphatic heterocycles. The summed E-state index contributed by atoms with van der Waals surface area (Å²) < 4.78 is 11.8. The molecule has 1 nitrogen and oxygen atoms in total. The molecule has 0 aromatic heterocycles. The summed E-state index contributed by atoms with van der Waals surface area (Å²) in [5.41, 5.74) is 1.27. The van der Waals surface area contributed by atoms with Gasteiger partial charge in [0.05, 0.1) is 10.8 Å². The van der Waals surface area contributed by atoms with E-state index in [9.17, 15) is 4.21 Å². The van der Waals surface area contributed by atoms with Crippen LogP contribution in [0.1, 0.15) is 26.3 Å². The van der Waals surface area contributed by atoms with E-state index in [1.165, 1.54) is 5.56 Å². The first kappa shape index (κ1) is 12.2. The zero-order valence-electron chi connectivity index (χ0n) is 9.78. The minimum atomic E-state index is -1.02. The van der Waals surface area contributed by atoms with Crippen molar-refractivity contribution in [1.29, 1.82) is 0 Å². The fraction of sp³-hybridized carbons (Fsp3) is 0.385. The van der Waals surface area contributed by atoms with Gasteiger partial charge < -0.3 is 0 Å². The van der Waals surface area contributed by atoms with Gasteiger partial charge in [0.15, 0.2) is 0 Å². The van der Waals surface area contributed by atoms with Gasteiger partial charge in [-0.25, -0.2) is 4.21 Å². The van der Waals surface area contributed by atoms with Crippen LogP contribution in [0, 0.1) is 12.3 Å². The summed E-state index contributed by atoms with van der Waals surface area (Å²) in [6.45, 7) is 8.30. The maximum Gasteiger partial charge on any atom is 0.0772 e. The lowest BCUT2D eigenvalue weighted by Crippen LogP contribution is -1.99. The Morgan fingerprint density at radius 1 is 1.13 bits per heavy atom. The van der Waals surface area contributed by atoms with Gasteiger partial charge >= 0.3 is 0 Å². The Bertz CT molecular complexity index is 369. The molecule has 0 saturated carbocycles. The molecule has 15 heavy (non-hydrogen) atoms. The first-order valence-electron chi connectivity index (χ1n) is 5.05. The van der Waals surface area contributed by atoms with Crippen molar-refractivity contribution < 1.29 is 4.21 Å². The summed E-state index contributed by atoms with van der Waals surface area (Å²) in [6, 6.07) is 7.80. The SMILES string of the molecule is Cc1ccc(S(=O)/C=C/C(C)(C)C)cc1. The van der Waals surface area contributed by atoms with Crippen molar-refractivity contribution in [2.45, 2.75) is 32.6 Å². The molecule has 0 heterocycles. The van der Waals surface area contributed by atoms with Crippen LogP contribution in [0.5, 0.6) is 0 Å². The van der Waals surface area contributed by atoms with Crippen molar-refractivity contribution in [2.24, 2.45) is 5.41 Å². The van der Waals surface area contributed by atoms with E-state index in [1.54, 1.807) is 5.41 Å². The highest BCUT2D eigenvalue weighted by Crippen LogP contribution is 2.17. The maximum absolute atomic E-state index is 11.8. The molecule has 1 aromatic rings. The Labute approximate surface area is 94.7 Å². The van der Waals surface area contributed by atoms with Crippen molar-refractivity contribution >= 4 is 10.8 Å². The summed E-state index contributed by atoms with van der Waals surface area (Å²) in [6.07, 6.45) is 1.99. The van der Waals surface area contributed by atoms with Crippen LogP contribution in [0.15, 0.2) is 40.6 Å². The molecule has 1 atom stereocenters. The summed E-state index contributed by atoms with van der Waals surface area (Å²) in [7, 11) is -1.02. The fourth-order valence-electron chi connectivity index (χ4n) is 1.02. The van der Waals surface area contributed by atoms with Gasteiger partial charge in [-0.15, -0.1) is 0 Å². The number of aryl methyl sites for hydroxylation is 1. The minimum absolute atomic E-state index is 0.0837. The third-order valence-corrected chi connectivity index (χ3v) is 3.06. The molecule has 0 N–H and O–H groups in total. The summed E-state index contributed by atoms with van der Waals surface area (Å²) in [5, 5.41) is 1.77. The molecule has 0 spiro atoms. The second-order valence-electron chi connectivity index (χ2n) is 4.78. The van der Waals surface area contributed by atoms with Crippen LogP contribution in [0.2, 0.25) is 0 Å². The van der Waals surface area contributed by atoms with E-state index < -0.39 is 10.8 Å². The lowest BCUT2D eigenvalue weighted by atomic mass is 9.98. The van der Waals surface area contributed by atoms with Crippen LogP contribution in [0.25, 0.3) is 0 Å². The highest BCUT2D eigenvalue weighted by molar-refractivity contribution is 7.88. The van der Waals surface area contributed by atoms with Crippen LogP contribution in [-0.4, -0.2) is 4.21 Å². The van der Waals surface area contributed by atoms with Gasteiger partial charge in [0, 0.05) is 10.3 Å². The Kier molecular flexibility index (Phi) is 3.86. The van der Waals surface area contributed by atoms with Gasteiger partial charge in [0.25, 0.3) is 0 Å². The molecular formula is C13H18OS. The van der Waals surface area contributed by atoms with E-state index in [-0.39, 0.29) is 5.41 Å². The predicted octanol–water partition coefficient (Wildman–Crippen LogP) is 3.66. The Balaban J connectivity index is 2.78. The molecule has 0 radical (unpaired) electrons. The molecule has 0 amide bonds. The van der Waals surface area contributed by atoms with Crippen molar-refractivity contribution in [3.63, 3.8) is 0 Å². The van der Waals surface area contributed by atoms with Gasteiger partial charge in [-0.1, -0.05) is 44.5 Å². The van der Waals surface area contributed by atoms with Crippen molar-refractivity contribution in [3.05, 3.63) is 41.3 Å². The molecule has 82 valence electrons. The topological polar surface area (TPSA) is 17.1 Å². The average molecular weight is 222 g/mol.